The van der Waals surface area contributed by atoms with E-state index in [0.717, 1.165) is 0 Å². The predicted octanol–water partition coefficient (Wildman–Crippen LogP) is 2.41. The summed E-state index contributed by atoms with van der Waals surface area (Å²) in [6.07, 6.45) is -6.44. The van der Waals surface area contributed by atoms with Crippen molar-refractivity contribution in [2.24, 2.45) is 0 Å². The zero-order valence-electron chi connectivity index (χ0n) is 22.9. The fraction of sp³-hybridized carbons (Fsp3) is 0.625. The van der Waals surface area contributed by atoms with Crippen LogP contribution >= 0.6 is 0 Å². The quantitative estimate of drug-likeness (QED) is 0.846. The monoisotopic (exact) mass is 284 g/mol. The summed E-state index contributed by atoms with van der Waals surface area (Å²) in [5, 5.41) is 1.97. The van der Waals surface area contributed by atoms with Crippen molar-refractivity contribution in [3.8, 4) is 0 Å². The van der Waals surface area contributed by atoms with Gasteiger partial charge in [0.2, 0.25) is 0 Å². The van der Waals surface area contributed by atoms with Crippen molar-refractivity contribution < 1.29 is 24.4 Å². The number of benzene rings is 1. The maximum Gasteiger partial charge on any atom is 0.494 e. The minimum Gasteiger partial charge on any atom is -0.399 e. The Labute approximate surface area is 137 Å². The first kappa shape index (κ1) is 6.11. The molecule has 1 unspecified atom stereocenters. The Balaban J connectivity index is 2.30. The highest BCUT2D eigenvalue weighted by Crippen LogP contribution is 2.36. The minimum absolute atomic E-state index is 0.299. The molecule has 1 atom stereocenters. The van der Waals surface area contributed by atoms with Gasteiger partial charge in [0.25, 0.3) is 0 Å². The van der Waals surface area contributed by atoms with Gasteiger partial charge in [0.05, 0.1) is 18.1 Å². The Morgan fingerprint density at radius 2 is 2.05 bits per heavy atom. The van der Waals surface area contributed by atoms with Crippen LogP contribution in [0.15, 0.2) is 24.2 Å². The van der Waals surface area contributed by atoms with E-state index in [4.69, 9.17) is 24.4 Å². The maximum atomic E-state index is 8.68. The van der Waals surface area contributed by atoms with Crippen molar-refractivity contribution >= 4 is 12.6 Å². The molecule has 20 heavy (non-hydrogen) atoms. The number of hydrogen-bond donors (Lipinski definition) is 1. The molecule has 0 aromatic heterocycles. The molecule has 2 aliphatic heterocycles. The topological polar surface area (TPSA) is 30.5 Å². The molecule has 2 heterocycles. The van der Waals surface area contributed by atoms with E-state index in [9.17, 15) is 0 Å². The highest BCUT2D eigenvalue weighted by Gasteiger charge is 2.51. The second-order valence-electron chi connectivity index (χ2n) is 5.75. The lowest BCUT2D eigenvalue weighted by atomic mass is 9.78. The number of nitrogens with one attached hydrogen (secondary N) is 1. The summed E-state index contributed by atoms with van der Waals surface area (Å²) in [6.45, 7) is 3.91. The van der Waals surface area contributed by atoms with Crippen molar-refractivity contribution in [3.63, 3.8) is 0 Å². The molecule has 0 radical (unpaired) electrons. The molecule has 108 valence electrons. The third-order valence-electron chi connectivity index (χ3n) is 3.82. The Kier molecular flexibility index (Phi) is 1.49. The molecule has 1 N–H and O–H groups in total. The zero-order chi connectivity index (χ0) is 24.2. The van der Waals surface area contributed by atoms with Gasteiger partial charge in [-0.2, -0.15) is 0 Å². The van der Waals surface area contributed by atoms with Crippen LogP contribution in [0.1, 0.15) is 67.1 Å². The lowest BCUT2D eigenvalue weighted by Crippen LogP contribution is -2.41. The fourth-order valence-electron chi connectivity index (χ4n) is 1.91. The summed E-state index contributed by atoms with van der Waals surface area (Å²) < 4.78 is 102. The molecule has 0 bridgehead atoms. The third-order valence-corrected chi connectivity index (χ3v) is 3.82. The van der Waals surface area contributed by atoms with Crippen LogP contribution in [0.4, 0.5) is 0 Å². The average Bonchev–Trinajstić information content (AvgIpc) is 2.83. The van der Waals surface area contributed by atoms with Crippen LogP contribution in [-0.4, -0.2) is 24.8 Å². The summed E-state index contributed by atoms with van der Waals surface area (Å²) in [7, 11) is -1.32. The first-order chi connectivity index (χ1) is 13.7. The van der Waals surface area contributed by atoms with Crippen molar-refractivity contribution in [1.29, 1.82) is 0 Å². The van der Waals surface area contributed by atoms with Crippen LogP contribution in [-0.2, 0) is 9.31 Å². The molecule has 0 saturated carbocycles. The van der Waals surface area contributed by atoms with E-state index < -0.39 is 73.3 Å². The van der Waals surface area contributed by atoms with Crippen molar-refractivity contribution in [1.82, 2.24) is 5.32 Å². The van der Waals surface area contributed by atoms with Crippen molar-refractivity contribution in [2.75, 3.05) is 6.50 Å². The summed E-state index contributed by atoms with van der Waals surface area (Å²) in [5.74, 6) is 0. The van der Waals surface area contributed by atoms with E-state index in [1.54, 1.807) is 27.7 Å². The van der Waals surface area contributed by atoms with Gasteiger partial charge in [-0.05, 0) is 58.0 Å². The van der Waals surface area contributed by atoms with Gasteiger partial charge < -0.3 is 14.6 Å². The molecule has 0 amide bonds. The molecular formula is C16H24BNO2. The van der Waals surface area contributed by atoms with Gasteiger partial charge >= 0.3 is 7.12 Å². The standard InChI is InChI=1S/C16H24BNO2/c1-15(2)16(3,4)20-17(19-15)13-8-5-7-12(11-13)14-9-6-10-18-14/h5,7-8,11,14,18H,6,9-10H2,1-4H3/i5D,6D2,7D,8D,9D2,10D2,11D,14D. The maximum absolute atomic E-state index is 8.68. The Morgan fingerprint density at radius 1 is 1.35 bits per heavy atom. The van der Waals surface area contributed by atoms with E-state index in [1.165, 1.54) is 0 Å². The van der Waals surface area contributed by atoms with Crippen molar-refractivity contribution in [3.05, 3.63) is 29.7 Å². The largest absolute Gasteiger partial charge is 0.494 e. The van der Waals surface area contributed by atoms with E-state index in [2.05, 4.69) is 0 Å². The molecule has 1 aromatic carbocycles. The Morgan fingerprint density at radius 3 is 2.65 bits per heavy atom. The molecule has 3 rings (SSSR count). The van der Waals surface area contributed by atoms with Gasteiger partial charge in [-0.3, -0.25) is 0 Å². The van der Waals surface area contributed by atoms with Gasteiger partial charge in [0.1, 0.15) is 0 Å². The molecule has 2 fully saturated rings. The van der Waals surface area contributed by atoms with Crippen LogP contribution in [0.2, 0.25) is 0 Å². The molecule has 2 aliphatic rings. The lowest BCUT2D eigenvalue weighted by molar-refractivity contribution is 0.00578. The first-order valence-corrected chi connectivity index (χ1v) is 6.42. The highest BCUT2D eigenvalue weighted by atomic mass is 16.7. The van der Waals surface area contributed by atoms with Crippen LogP contribution < -0.4 is 10.8 Å². The number of rotatable bonds is 2. The fourth-order valence-corrected chi connectivity index (χ4v) is 1.91. The summed E-state index contributed by atoms with van der Waals surface area (Å²) in [6, 6.07) is -5.77. The zero-order valence-corrected chi connectivity index (χ0v) is 11.9. The molecule has 3 nitrogen and oxygen atoms in total. The second kappa shape index (κ2) is 4.87. The van der Waals surface area contributed by atoms with E-state index >= 15 is 0 Å². The Hall–Kier alpha value is -0.835. The van der Waals surface area contributed by atoms with Gasteiger partial charge in [-0.25, -0.2) is 0 Å². The predicted molar refractivity (Wildman–Crippen MR) is 82.1 cm³/mol. The lowest BCUT2D eigenvalue weighted by Gasteiger charge is -2.32. The molecule has 2 saturated heterocycles. The summed E-state index contributed by atoms with van der Waals surface area (Å²) in [5.41, 5.74) is -2.79. The van der Waals surface area contributed by atoms with Crippen LogP contribution in [0.3, 0.4) is 0 Å². The van der Waals surface area contributed by atoms with E-state index in [-0.39, 0.29) is 5.46 Å². The minimum atomic E-state index is -3.24. The molecular weight excluding hydrogens is 249 g/mol. The highest BCUT2D eigenvalue weighted by molar-refractivity contribution is 6.62. The van der Waals surface area contributed by atoms with Gasteiger partial charge in [0.15, 0.2) is 0 Å². The summed E-state index contributed by atoms with van der Waals surface area (Å²) >= 11 is 0. The van der Waals surface area contributed by atoms with E-state index in [1.807, 2.05) is 5.32 Å². The molecule has 0 aliphatic carbocycles. The van der Waals surface area contributed by atoms with Crippen LogP contribution in [0, 0.1) is 0 Å². The normalized spacial score (nSPS) is 47.2. The van der Waals surface area contributed by atoms with E-state index in [0.29, 0.717) is 0 Å². The average molecular weight is 284 g/mol. The third kappa shape index (κ3) is 2.41. The second-order valence-corrected chi connectivity index (χ2v) is 5.75. The van der Waals surface area contributed by atoms with Crippen molar-refractivity contribution in [2.45, 2.75) is 57.7 Å². The van der Waals surface area contributed by atoms with Gasteiger partial charge in [0, 0.05) is 14.2 Å². The summed E-state index contributed by atoms with van der Waals surface area (Å²) in [4.78, 5) is 0. The van der Waals surface area contributed by atoms with Crippen LogP contribution in [0.5, 0.6) is 0 Å². The molecule has 0 spiro atoms. The number of hydrogen-bond acceptors (Lipinski definition) is 3. The first-order valence-electron chi connectivity index (χ1n) is 11.9. The van der Waals surface area contributed by atoms with Gasteiger partial charge in [-0.1, -0.05) is 24.2 Å². The van der Waals surface area contributed by atoms with Crippen LogP contribution in [0.25, 0.3) is 0 Å². The smallest absolute Gasteiger partial charge is 0.399 e. The van der Waals surface area contributed by atoms with Gasteiger partial charge in [-0.15, -0.1) is 0 Å². The SMILES string of the molecule is [2H]c1c([2H])c(B2OC(C)(C)C(C)(C)O2)c([2H])c(C2([2H])NC([2H])([2H])C([2H])([2H])C2([2H])[2H])c1[2H]. The molecule has 4 heteroatoms. The molecule has 1 aromatic rings. The Bertz CT molecular complexity index is 936.